The zero-order valence-corrected chi connectivity index (χ0v) is 13.2. The minimum atomic E-state index is -0.804. The predicted octanol–water partition coefficient (Wildman–Crippen LogP) is 0.0341. The number of nitrogens with zero attached hydrogens (tertiary/aromatic N) is 4. The van der Waals surface area contributed by atoms with Gasteiger partial charge in [-0.15, -0.1) is 0 Å². The van der Waals surface area contributed by atoms with E-state index in [-0.39, 0.29) is 12.1 Å². The van der Waals surface area contributed by atoms with Gasteiger partial charge < -0.3 is 10.1 Å². The van der Waals surface area contributed by atoms with E-state index in [9.17, 15) is 9.59 Å². The maximum Gasteiger partial charge on any atom is 0.317 e. The van der Waals surface area contributed by atoms with Gasteiger partial charge in [0.05, 0.1) is 12.2 Å². The molecule has 1 fully saturated rings. The smallest absolute Gasteiger partial charge is 0.317 e. The minimum absolute atomic E-state index is 0.0727. The van der Waals surface area contributed by atoms with Crippen molar-refractivity contribution in [2.75, 3.05) is 32.7 Å². The Bertz CT molecular complexity index is 754. The van der Waals surface area contributed by atoms with Crippen LogP contribution in [0.3, 0.4) is 0 Å². The molecule has 126 valence electrons. The van der Waals surface area contributed by atoms with Crippen molar-refractivity contribution in [1.82, 2.24) is 24.8 Å². The Labute approximate surface area is 138 Å². The first-order chi connectivity index (χ1) is 11.6. The van der Waals surface area contributed by atoms with E-state index in [1.54, 1.807) is 24.5 Å². The van der Waals surface area contributed by atoms with E-state index >= 15 is 0 Å². The lowest BCUT2D eigenvalue weighted by molar-refractivity contribution is -0.138. The quantitative estimate of drug-likeness (QED) is 0.798. The van der Waals surface area contributed by atoms with Crippen molar-refractivity contribution in [1.29, 1.82) is 0 Å². The largest absolute Gasteiger partial charge is 0.480 e. The molecule has 0 spiro atoms. The molecule has 0 atom stereocenters. The number of hydrogen-bond acceptors (Lipinski definition) is 6. The van der Waals surface area contributed by atoms with Gasteiger partial charge >= 0.3 is 5.97 Å². The first-order valence-electron chi connectivity index (χ1n) is 7.77. The number of carboxylic acids is 1. The number of carboxylic acid groups (broad SMARTS) is 1. The number of aromatic amines is 1. The van der Waals surface area contributed by atoms with Crippen LogP contribution in [0.4, 0.5) is 0 Å². The monoisotopic (exact) mass is 329 g/mol. The van der Waals surface area contributed by atoms with Crippen LogP contribution in [0.5, 0.6) is 0 Å². The second-order valence-electron chi connectivity index (χ2n) is 5.77. The third-order valence-corrected chi connectivity index (χ3v) is 3.96. The van der Waals surface area contributed by atoms with E-state index in [1.807, 2.05) is 4.90 Å². The van der Waals surface area contributed by atoms with E-state index in [1.165, 1.54) is 6.07 Å². The van der Waals surface area contributed by atoms with Crippen molar-refractivity contribution in [2.45, 2.75) is 6.54 Å². The standard InChI is InChI=1S/C16H19N5O3/c22-14-9-13(18-16(19-14)12-1-3-17-4-2-12)10-20-5-7-21(8-6-20)11-15(23)24/h1-4,9H,5-8,10-11H2,(H,23,24)(H,18,19,22). The molecule has 0 amide bonds. The minimum Gasteiger partial charge on any atom is -0.480 e. The van der Waals surface area contributed by atoms with Crippen molar-refractivity contribution in [3.8, 4) is 11.4 Å². The fourth-order valence-electron chi connectivity index (χ4n) is 2.76. The highest BCUT2D eigenvalue weighted by Gasteiger charge is 2.19. The van der Waals surface area contributed by atoms with E-state index in [4.69, 9.17) is 5.11 Å². The van der Waals surface area contributed by atoms with Gasteiger partial charge in [0.15, 0.2) is 0 Å². The number of carbonyl (C=O) groups is 1. The lowest BCUT2D eigenvalue weighted by Crippen LogP contribution is -2.47. The number of hydrogen-bond donors (Lipinski definition) is 2. The molecule has 8 nitrogen and oxygen atoms in total. The van der Waals surface area contributed by atoms with Crippen LogP contribution in [0, 0.1) is 0 Å². The molecule has 2 aromatic rings. The maximum atomic E-state index is 11.9. The van der Waals surface area contributed by atoms with Gasteiger partial charge in [-0.05, 0) is 12.1 Å². The topological polar surface area (TPSA) is 102 Å². The molecule has 24 heavy (non-hydrogen) atoms. The predicted molar refractivity (Wildman–Crippen MR) is 87.4 cm³/mol. The summed E-state index contributed by atoms with van der Waals surface area (Å²) in [6, 6.07) is 5.10. The summed E-state index contributed by atoms with van der Waals surface area (Å²) in [7, 11) is 0. The molecule has 1 aliphatic heterocycles. The second-order valence-corrected chi connectivity index (χ2v) is 5.77. The fourth-order valence-corrected chi connectivity index (χ4v) is 2.76. The molecular formula is C16H19N5O3. The molecule has 1 aliphatic rings. The van der Waals surface area contributed by atoms with Crippen LogP contribution in [0.1, 0.15) is 5.69 Å². The summed E-state index contributed by atoms with van der Waals surface area (Å²) in [5, 5.41) is 8.83. The number of nitrogens with one attached hydrogen (secondary N) is 1. The molecule has 3 rings (SSSR count). The van der Waals surface area contributed by atoms with Crippen LogP contribution in [-0.2, 0) is 11.3 Å². The van der Waals surface area contributed by atoms with Gasteiger partial charge in [0.25, 0.3) is 5.56 Å². The van der Waals surface area contributed by atoms with Crippen LogP contribution in [0.2, 0.25) is 0 Å². The van der Waals surface area contributed by atoms with Gasteiger partial charge in [-0.1, -0.05) is 0 Å². The Kier molecular flexibility index (Phi) is 4.97. The first-order valence-corrected chi connectivity index (χ1v) is 7.77. The van der Waals surface area contributed by atoms with Crippen LogP contribution in [0.25, 0.3) is 11.4 Å². The highest BCUT2D eigenvalue weighted by atomic mass is 16.4. The summed E-state index contributed by atoms with van der Waals surface area (Å²) >= 11 is 0. The van der Waals surface area contributed by atoms with E-state index in [2.05, 4.69) is 19.9 Å². The van der Waals surface area contributed by atoms with Gasteiger partial charge in [0, 0.05) is 56.7 Å². The van der Waals surface area contributed by atoms with Crippen molar-refractivity contribution in [3.05, 3.63) is 46.6 Å². The average molecular weight is 329 g/mol. The van der Waals surface area contributed by atoms with Gasteiger partial charge in [-0.2, -0.15) is 0 Å². The van der Waals surface area contributed by atoms with Crippen LogP contribution in [-0.4, -0.2) is 68.6 Å². The number of rotatable bonds is 5. The summed E-state index contributed by atoms with van der Waals surface area (Å²) in [4.78, 5) is 38.0. The molecular weight excluding hydrogens is 310 g/mol. The Morgan fingerprint density at radius 3 is 2.50 bits per heavy atom. The van der Waals surface area contributed by atoms with E-state index in [0.717, 1.165) is 18.7 Å². The highest BCUT2D eigenvalue weighted by molar-refractivity contribution is 5.69. The maximum absolute atomic E-state index is 11.9. The molecule has 0 unspecified atom stereocenters. The number of pyridine rings is 1. The molecule has 0 saturated carbocycles. The summed E-state index contributed by atoms with van der Waals surface area (Å²) in [6.07, 6.45) is 3.31. The molecule has 1 saturated heterocycles. The number of aliphatic carboxylic acids is 1. The molecule has 8 heteroatoms. The average Bonchev–Trinajstić information content (AvgIpc) is 2.56. The number of H-pyrrole nitrogens is 1. The van der Waals surface area contributed by atoms with Gasteiger partial charge in [0.1, 0.15) is 5.82 Å². The SMILES string of the molecule is O=C(O)CN1CCN(Cc2cc(=O)[nH]c(-c3ccncc3)n2)CC1. The summed E-state index contributed by atoms with van der Waals surface area (Å²) < 4.78 is 0. The van der Waals surface area contributed by atoms with Crippen LogP contribution < -0.4 is 5.56 Å². The van der Waals surface area contributed by atoms with Crippen LogP contribution >= 0.6 is 0 Å². The van der Waals surface area contributed by atoms with Crippen molar-refractivity contribution >= 4 is 5.97 Å². The molecule has 3 heterocycles. The normalized spacial score (nSPS) is 16.2. The number of aromatic nitrogens is 3. The molecule has 2 N–H and O–H groups in total. The Hall–Kier alpha value is -2.58. The zero-order chi connectivity index (χ0) is 16.9. The molecule has 0 aromatic carbocycles. The van der Waals surface area contributed by atoms with Crippen molar-refractivity contribution in [2.24, 2.45) is 0 Å². The molecule has 0 aliphatic carbocycles. The van der Waals surface area contributed by atoms with Crippen molar-refractivity contribution in [3.63, 3.8) is 0 Å². The first kappa shape index (κ1) is 16.3. The lowest BCUT2D eigenvalue weighted by Gasteiger charge is -2.33. The second kappa shape index (κ2) is 7.33. The van der Waals surface area contributed by atoms with Gasteiger partial charge in [-0.25, -0.2) is 4.98 Å². The zero-order valence-electron chi connectivity index (χ0n) is 13.2. The Morgan fingerprint density at radius 2 is 1.83 bits per heavy atom. The fraction of sp³-hybridized carbons (Fsp3) is 0.375. The third-order valence-electron chi connectivity index (χ3n) is 3.96. The third kappa shape index (κ3) is 4.24. The van der Waals surface area contributed by atoms with Crippen molar-refractivity contribution < 1.29 is 9.90 Å². The highest BCUT2D eigenvalue weighted by Crippen LogP contribution is 2.13. The Morgan fingerprint density at radius 1 is 1.17 bits per heavy atom. The van der Waals surface area contributed by atoms with Crippen LogP contribution in [0.15, 0.2) is 35.4 Å². The summed E-state index contributed by atoms with van der Waals surface area (Å²) in [5.74, 6) is -0.272. The summed E-state index contributed by atoms with van der Waals surface area (Å²) in [6.45, 7) is 3.56. The molecule has 0 radical (unpaired) electrons. The molecule has 2 aromatic heterocycles. The summed E-state index contributed by atoms with van der Waals surface area (Å²) in [5.41, 5.74) is 1.34. The van der Waals surface area contributed by atoms with Gasteiger partial charge in [0.2, 0.25) is 0 Å². The van der Waals surface area contributed by atoms with E-state index in [0.29, 0.717) is 31.2 Å². The Balaban J connectivity index is 1.67. The lowest BCUT2D eigenvalue weighted by atomic mass is 10.2. The van der Waals surface area contributed by atoms with E-state index < -0.39 is 5.97 Å². The molecule has 0 bridgehead atoms. The number of piperazine rings is 1. The van der Waals surface area contributed by atoms with Gasteiger partial charge in [-0.3, -0.25) is 24.4 Å².